The molecule has 0 spiro atoms. The van der Waals surface area contributed by atoms with Gasteiger partial charge in [0, 0.05) is 25.1 Å². The summed E-state index contributed by atoms with van der Waals surface area (Å²) in [5.41, 5.74) is 3.84. The molecule has 0 aromatic rings. The molecule has 4 aliphatic rings. The van der Waals surface area contributed by atoms with E-state index in [0.29, 0.717) is 23.9 Å². The fraction of sp³-hybridized carbons (Fsp3) is 0.731. The molecule has 0 unspecified atom stereocenters. The van der Waals surface area contributed by atoms with E-state index in [-0.39, 0.29) is 29.9 Å². The highest BCUT2D eigenvalue weighted by atomic mass is 16.5. The van der Waals surface area contributed by atoms with Crippen molar-refractivity contribution in [2.24, 2.45) is 28.6 Å². The zero-order chi connectivity index (χ0) is 21.7. The van der Waals surface area contributed by atoms with E-state index in [1.54, 1.807) is 17.4 Å². The molecule has 2 saturated carbocycles. The van der Waals surface area contributed by atoms with Gasteiger partial charge in [0.15, 0.2) is 0 Å². The molecule has 0 aromatic carbocycles. The Balaban J connectivity index is 1.68. The van der Waals surface area contributed by atoms with Crippen molar-refractivity contribution in [2.45, 2.75) is 71.8 Å². The monoisotopic (exact) mass is 411 g/mol. The summed E-state index contributed by atoms with van der Waals surface area (Å²) in [6.07, 6.45) is 16.1. The molecule has 4 rings (SSSR count). The fourth-order valence-electron chi connectivity index (χ4n) is 7.66. The summed E-state index contributed by atoms with van der Waals surface area (Å²) in [6.45, 7) is 6.70. The van der Waals surface area contributed by atoms with Crippen molar-refractivity contribution in [3.8, 4) is 12.3 Å². The normalized spacial score (nSPS) is 40.1. The second kappa shape index (κ2) is 7.84. The average molecular weight is 412 g/mol. The lowest BCUT2D eigenvalue weighted by Crippen LogP contribution is -2.51. The quantitative estimate of drug-likeness (QED) is 0.554. The van der Waals surface area contributed by atoms with Gasteiger partial charge in [-0.25, -0.2) is 0 Å². The minimum absolute atomic E-state index is 0.0149. The highest BCUT2D eigenvalue weighted by molar-refractivity contribution is 5.76. The van der Waals surface area contributed by atoms with Crippen LogP contribution < -0.4 is 0 Å². The second-order valence-corrected chi connectivity index (χ2v) is 10.4. The van der Waals surface area contributed by atoms with Crippen LogP contribution in [-0.2, 0) is 9.53 Å². The maximum atomic E-state index is 12.5. The van der Waals surface area contributed by atoms with Gasteiger partial charge in [0.25, 0.3) is 0 Å². The summed E-state index contributed by atoms with van der Waals surface area (Å²) in [4.78, 5) is 14.2. The van der Waals surface area contributed by atoms with Crippen LogP contribution in [-0.4, -0.2) is 42.3 Å². The van der Waals surface area contributed by atoms with Gasteiger partial charge in [-0.05, 0) is 73.7 Å². The van der Waals surface area contributed by atoms with Gasteiger partial charge >= 0.3 is 0 Å². The van der Waals surface area contributed by atoms with E-state index >= 15 is 0 Å². The van der Waals surface area contributed by atoms with Crippen molar-refractivity contribution in [3.63, 3.8) is 0 Å². The van der Waals surface area contributed by atoms with Crippen LogP contribution in [0.25, 0.3) is 0 Å². The Bertz CT molecular complexity index is 821. The van der Waals surface area contributed by atoms with Gasteiger partial charge < -0.3 is 14.7 Å². The van der Waals surface area contributed by atoms with Crippen LogP contribution in [0, 0.1) is 40.9 Å². The predicted molar refractivity (Wildman–Crippen MR) is 118 cm³/mol. The number of hydrogen-bond donors (Lipinski definition) is 1. The molecule has 1 N–H and O–H groups in total. The Kier molecular flexibility index (Phi) is 5.66. The third-order valence-corrected chi connectivity index (χ3v) is 9.21. The molecule has 4 nitrogen and oxygen atoms in total. The maximum Gasteiger partial charge on any atom is 0.224 e. The topological polar surface area (TPSA) is 49.8 Å². The third kappa shape index (κ3) is 3.09. The van der Waals surface area contributed by atoms with Gasteiger partial charge in [-0.15, -0.1) is 6.42 Å². The summed E-state index contributed by atoms with van der Waals surface area (Å²) in [5.74, 6) is 4.37. The Morgan fingerprint density at radius 1 is 1.27 bits per heavy atom. The molecule has 0 aromatic heterocycles. The number of fused-ring (bicyclic) bond motifs is 5. The number of ether oxygens (including phenoxy) is 1. The maximum absolute atomic E-state index is 12.5. The van der Waals surface area contributed by atoms with Crippen molar-refractivity contribution in [1.82, 2.24) is 4.90 Å². The second-order valence-electron chi connectivity index (χ2n) is 10.4. The number of aliphatic hydroxyl groups excluding tert-OH is 1. The van der Waals surface area contributed by atoms with Crippen molar-refractivity contribution in [1.29, 1.82) is 0 Å². The average Bonchev–Trinajstić information content (AvgIpc) is 3.03. The molecule has 6 atom stereocenters. The number of carbonyl (C=O) groups excluding carboxylic acids is 1. The first-order chi connectivity index (χ1) is 14.3. The Labute approximate surface area is 181 Å². The molecule has 0 radical (unpaired) electrons. The number of hydrogen-bond acceptors (Lipinski definition) is 3. The van der Waals surface area contributed by atoms with Gasteiger partial charge in [-0.2, -0.15) is 0 Å². The molecule has 0 bridgehead atoms. The lowest BCUT2D eigenvalue weighted by Gasteiger charge is -2.58. The number of nitrogens with zero attached hydrogens (tertiary/aromatic N) is 1. The molecule has 0 saturated heterocycles. The third-order valence-electron chi connectivity index (χ3n) is 9.21. The van der Waals surface area contributed by atoms with Crippen LogP contribution in [0.15, 0.2) is 22.9 Å². The molecular weight excluding hydrogens is 374 g/mol. The first-order valence-corrected chi connectivity index (χ1v) is 11.6. The van der Waals surface area contributed by atoms with Crippen LogP contribution in [0.1, 0.15) is 65.7 Å². The van der Waals surface area contributed by atoms with Crippen molar-refractivity contribution >= 4 is 5.91 Å². The lowest BCUT2D eigenvalue weighted by atomic mass is 9.47. The Morgan fingerprint density at radius 2 is 2.00 bits per heavy atom. The Morgan fingerprint density at radius 3 is 2.63 bits per heavy atom. The van der Waals surface area contributed by atoms with E-state index in [1.165, 1.54) is 12.8 Å². The van der Waals surface area contributed by atoms with Crippen LogP contribution in [0.4, 0.5) is 0 Å². The zero-order valence-electron chi connectivity index (χ0n) is 19.0. The zero-order valence-corrected chi connectivity index (χ0v) is 19.0. The smallest absolute Gasteiger partial charge is 0.224 e. The molecular formula is C26H37NO3. The molecule has 30 heavy (non-hydrogen) atoms. The minimum atomic E-state index is -0.0901. The van der Waals surface area contributed by atoms with Crippen molar-refractivity contribution in [2.75, 3.05) is 20.3 Å². The van der Waals surface area contributed by atoms with Crippen LogP contribution >= 0.6 is 0 Å². The van der Waals surface area contributed by atoms with Crippen LogP contribution in [0.5, 0.6) is 0 Å². The predicted octanol–water partition coefficient (Wildman–Crippen LogP) is 4.30. The van der Waals surface area contributed by atoms with Gasteiger partial charge in [-0.3, -0.25) is 4.79 Å². The molecule has 164 valence electrons. The van der Waals surface area contributed by atoms with Crippen LogP contribution in [0.3, 0.4) is 0 Å². The summed E-state index contributed by atoms with van der Waals surface area (Å²) in [6, 6.07) is 0. The molecule has 1 amide bonds. The standard InChI is InChI=1S/C26H37NO3/c1-6-13-27(17(2)29)24-18(16-28)14-23-21-8-7-19-15-20(30-5)9-11-25(19,3)22(21)10-12-26(23,24)4/h1,7,20-23,28H,8-16H2,2-5H3/t20-,21+,22-,23-,25-,26-/m0/s1. The number of methoxy groups -OCH3 is 1. The van der Waals surface area contributed by atoms with E-state index in [4.69, 9.17) is 11.2 Å². The molecule has 0 heterocycles. The summed E-state index contributed by atoms with van der Waals surface area (Å²) in [7, 11) is 1.84. The van der Waals surface area contributed by atoms with E-state index < -0.39 is 0 Å². The number of amides is 1. The van der Waals surface area contributed by atoms with E-state index in [1.807, 2.05) is 7.11 Å². The van der Waals surface area contributed by atoms with E-state index in [2.05, 4.69) is 25.8 Å². The molecule has 2 fully saturated rings. The van der Waals surface area contributed by atoms with Crippen molar-refractivity contribution in [3.05, 3.63) is 22.9 Å². The van der Waals surface area contributed by atoms with Gasteiger partial charge in [-0.1, -0.05) is 31.4 Å². The van der Waals surface area contributed by atoms with E-state index in [0.717, 1.165) is 43.4 Å². The number of carbonyl (C=O) groups is 1. The highest BCUT2D eigenvalue weighted by Gasteiger charge is 2.59. The van der Waals surface area contributed by atoms with Gasteiger partial charge in [0.2, 0.25) is 5.91 Å². The SMILES string of the molecule is C#CCN(C(C)=O)C1=C(CO)C[C@H]2[C@@H]3CC=C4C[C@@H](OC)CC[C@]4(C)[C@H]3CC[C@]12C. The molecule has 4 heteroatoms. The van der Waals surface area contributed by atoms with E-state index in [9.17, 15) is 9.90 Å². The molecule has 4 aliphatic carbocycles. The van der Waals surface area contributed by atoms with Gasteiger partial charge in [0.05, 0.1) is 19.3 Å². The fourth-order valence-corrected chi connectivity index (χ4v) is 7.66. The number of aliphatic hydroxyl groups is 1. The number of rotatable bonds is 4. The summed E-state index contributed by atoms with van der Waals surface area (Å²) < 4.78 is 5.69. The lowest BCUT2D eigenvalue weighted by molar-refractivity contribution is -0.128. The highest BCUT2D eigenvalue weighted by Crippen LogP contribution is 2.66. The Hall–Kier alpha value is -1.57. The minimum Gasteiger partial charge on any atom is -0.392 e. The first-order valence-electron chi connectivity index (χ1n) is 11.6. The number of terminal acetylenes is 1. The van der Waals surface area contributed by atoms with Crippen LogP contribution in [0.2, 0.25) is 0 Å². The number of allylic oxidation sites excluding steroid dienone is 2. The first kappa shape index (κ1) is 21.7. The summed E-state index contributed by atoms with van der Waals surface area (Å²) >= 11 is 0. The van der Waals surface area contributed by atoms with Crippen molar-refractivity contribution < 1.29 is 14.6 Å². The largest absolute Gasteiger partial charge is 0.392 e. The van der Waals surface area contributed by atoms with Gasteiger partial charge in [0.1, 0.15) is 0 Å². The molecule has 0 aliphatic heterocycles. The summed E-state index contributed by atoms with van der Waals surface area (Å²) in [5, 5.41) is 10.2.